The fraction of sp³-hybridized carbons (Fsp3) is 0.625. The van der Waals surface area contributed by atoms with Crippen LogP contribution in [0.3, 0.4) is 0 Å². The average Bonchev–Trinajstić information content (AvgIpc) is 2.14. The number of rotatable bonds is 2. The molecule has 7 nitrogen and oxygen atoms in total. The second-order valence-corrected chi connectivity index (χ2v) is 3.39. The van der Waals surface area contributed by atoms with Crippen LogP contribution in [0.1, 0.15) is 12.7 Å². The number of aliphatic hydroxyl groups excluding tert-OH is 2. The Hall–Kier alpha value is -1.31. The Morgan fingerprint density at radius 2 is 2.20 bits per heavy atom. The molecule has 84 valence electrons. The van der Waals surface area contributed by atoms with Crippen molar-refractivity contribution in [3.8, 4) is 5.95 Å². The maximum Gasteiger partial charge on any atom is 0.378 e. The number of Topliss-reactive ketones (excluding diaryl/α,β-unsaturated/α-hetero) is 1. The molecule has 0 bridgehead atoms. The molecule has 1 aliphatic rings. The fourth-order valence-electron chi connectivity index (χ4n) is 1.52. The molecule has 3 N–H and O–H groups in total. The minimum atomic E-state index is -2.21. The largest absolute Gasteiger partial charge is 0.451 e. The molecule has 1 aliphatic heterocycles. The molecule has 0 unspecified atom stereocenters. The van der Waals surface area contributed by atoms with Gasteiger partial charge in [0.2, 0.25) is 5.60 Å². The van der Waals surface area contributed by atoms with Crippen molar-refractivity contribution in [2.45, 2.75) is 24.7 Å². The number of carbonyl (C=O) groups excluding carboxylic acids is 1. The van der Waals surface area contributed by atoms with Gasteiger partial charge in [0, 0.05) is 0 Å². The van der Waals surface area contributed by atoms with Gasteiger partial charge in [-0.25, -0.2) is 4.58 Å². The van der Waals surface area contributed by atoms with E-state index in [0.29, 0.717) is 0 Å². The van der Waals surface area contributed by atoms with Crippen molar-refractivity contribution >= 4 is 5.78 Å². The number of carbonyl (C=O) groups is 1. The molecule has 0 fully saturated rings. The van der Waals surface area contributed by atoms with E-state index >= 15 is 0 Å². The van der Waals surface area contributed by atoms with Gasteiger partial charge in [0.05, 0.1) is 6.61 Å². The Bertz CT molecular complexity index is 378. The summed E-state index contributed by atoms with van der Waals surface area (Å²) >= 11 is 0. The lowest BCUT2D eigenvalue weighted by Gasteiger charge is -2.37. The van der Waals surface area contributed by atoms with E-state index in [1.54, 1.807) is 0 Å². The summed E-state index contributed by atoms with van der Waals surface area (Å²) in [5, 5.41) is 28.5. The molecule has 1 aromatic rings. The first-order chi connectivity index (χ1) is 7.01. The molecule has 7 heteroatoms. The van der Waals surface area contributed by atoms with Gasteiger partial charge in [-0.15, -0.1) is 0 Å². The van der Waals surface area contributed by atoms with Crippen LogP contribution >= 0.6 is 0 Å². The first kappa shape index (κ1) is 10.2. The van der Waals surface area contributed by atoms with E-state index < -0.39 is 30.2 Å². The van der Waals surface area contributed by atoms with Gasteiger partial charge in [0.15, 0.2) is 11.9 Å². The predicted octanol–water partition coefficient (Wildman–Crippen LogP) is -1.24. The number of ether oxygens (including phenoxy) is 1. The SMILES string of the molecule is CC(=O)[C@@]1(O)c2ooc2O[C@H](CO)[C@H]1O. The van der Waals surface area contributed by atoms with Crippen molar-refractivity contribution in [1.82, 2.24) is 0 Å². The third-order valence-corrected chi connectivity index (χ3v) is 2.49. The summed E-state index contributed by atoms with van der Waals surface area (Å²) in [4.78, 5) is 11.3. The van der Waals surface area contributed by atoms with E-state index in [4.69, 9.17) is 9.84 Å². The van der Waals surface area contributed by atoms with E-state index in [0.717, 1.165) is 6.92 Å². The van der Waals surface area contributed by atoms with Gasteiger partial charge >= 0.3 is 5.95 Å². The topological polar surface area (TPSA) is 113 Å². The Morgan fingerprint density at radius 1 is 1.53 bits per heavy atom. The number of aliphatic hydroxyl groups is 3. The van der Waals surface area contributed by atoms with E-state index in [2.05, 4.69) is 9.15 Å². The highest BCUT2D eigenvalue weighted by Gasteiger charge is 2.58. The smallest absolute Gasteiger partial charge is 0.378 e. The minimum Gasteiger partial charge on any atom is -0.451 e. The van der Waals surface area contributed by atoms with Gasteiger partial charge in [-0.2, -0.15) is 0 Å². The molecule has 2 heterocycles. The lowest BCUT2D eigenvalue weighted by molar-refractivity contribution is -0.218. The van der Waals surface area contributed by atoms with Crippen LogP contribution in [0.15, 0.2) is 9.15 Å². The molecule has 2 rings (SSSR count). The number of fused-ring (bicyclic) bond motifs is 1. The van der Waals surface area contributed by atoms with E-state index in [9.17, 15) is 15.0 Å². The summed E-state index contributed by atoms with van der Waals surface area (Å²) in [5.74, 6) is -1.16. The highest BCUT2D eigenvalue weighted by molar-refractivity contribution is 5.87. The zero-order chi connectivity index (χ0) is 11.2. The molecule has 0 spiro atoms. The highest BCUT2D eigenvalue weighted by atomic mass is 17.0. The van der Waals surface area contributed by atoms with Gasteiger partial charge in [-0.3, -0.25) is 9.37 Å². The van der Waals surface area contributed by atoms with Crippen LogP contribution in [-0.2, 0) is 10.4 Å². The van der Waals surface area contributed by atoms with Crippen molar-refractivity contribution in [3.63, 3.8) is 0 Å². The normalized spacial score (nSPS) is 34.7. The highest BCUT2D eigenvalue weighted by Crippen LogP contribution is 2.42. The summed E-state index contributed by atoms with van der Waals surface area (Å²) in [6.45, 7) is 0.534. The van der Waals surface area contributed by atoms with Crippen LogP contribution in [0.2, 0.25) is 0 Å². The molecule has 0 aliphatic carbocycles. The second kappa shape index (κ2) is 3.09. The quantitative estimate of drug-likeness (QED) is 0.532. The number of hydrogen-bond donors (Lipinski definition) is 3. The van der Waals surface area contributed by atoms with Gasteiger partial charge in [0.25, 0.3) is 5.76 Å². The first-order valence-corrected chi connectivity index (χ1v) is 4.30. The van der Waals surface area contributed by atoms with Crippen LogP contribution in [0.4, 0.5) is 0 Å². The number of hydrogen-bond acceptors (Lipinski definition) is 7. The van der Waals surface area contributed by atoms with Crippen molar-refractivity contribution in [3.05, 3.63) is 5.76 Å². The Labute approximate surface area is 83.8 Å². The second-order valence-electron chi connectivity index (χ2n) is 3.39. The van der Waals surface area contributed by atoms with E-state index in [1.807, 2.05) is 0 Å². The third kappa shape index (κ3) is 1.14. The molecule has 0 saturated heterocycles. The Morgan fingerprint density at radius 3 is 2.60 bits per heavy atom. The van der Waals surface area contributed by atoms with Crippen molar-refractivity contribution < 1.29 is 34.0 Å². The van der Waals surface area contributed by atoms with Crippen LogP contribution < -0.4 is 4.74 Å². The summed E-state index contributed by atoms with van der Waals surface area (Å²) < 4.78 is 13.7. The maximum absolute atomic E-state index is 11.3. The summed E-state index contributed by atoms with van der Waals surface area (Å²) in [5.41, 5.74) is -2.21. The van der Waals surface area contributed by atoms with Crippen molar-refractivity contribution in [2.24, 2.45) is 0 Å². The predicted molar refractivity (Wildman–Crippen MR) is 43.1 cm³/mol. The average molecular weight is 218 g/mol. The zero-order valence-electron chi connectivity index (χ0n) is 7.84. The molecule has 0 aromatic carbocycles. The van der Waals surface area contributed by atoms with Crippen molar-refractivity contribution in [1.29, 1.82) is 0 Å². The summed E-state index contributed by atoms with van der Waals surface area (Å²) in [7, 11) is 0. The summed E-state index contributed by atoms with van der Waals surface area (Å²) in [6.07, 6.45) is -2.72. The zero-order valence-corrected chi connectivity index (χ0v) is 7.84. The summed E-state index contributed by atoms with van der Waals surface area (Å²) in [6, 6.07) is 0. The standard InChI is InChI=1S/C8H10O7/c1-3(10)8(12)5(11)4(2-9)13-7-6(8)14-15-7/h4-5,9,11-12H,2H2,1H3/t4-,5-,8+/m1/s1. The maximum atomic E-state index is 11.3. The van der Waals surface area contributed by atoms with Crippen LogP contribution in [0.25, 0.3) is 0 Å². The van der Waals surface area contributed by atoms with Gasteiger partial charge in [-0.05, 0) is 6.92 Å². The molecule has 15 heavy (non-hydrogen) atoms. The molecular weight excluding hydrogens is 208 g/mol. The number of ketones is 1. The van der Waals surface area contributed by atoms with Crippen LogP contribution in [0.5, 0.6) is 5.95 Å². The van der Waals surface area contributed by atoms with E-state index in [-0.39, 0.29) is 11.7 Å². The van der Waals surface area contributed by atoms with Gasteiger partial charge in [0.1, 0.15) is 6.10 Å². The van der Waals surface area contributed by atoms with Crippen LogP contribution in [-0.4, -0.2) is 39.9 Å². The van der Waals surface area contributed by atoms with Crippen LogP contribution in [0, 0.1) is 0 Å². The Kier molecular flexibility index (Phi) is 2.10. The molecule has 1 aromatic heterocycles. The minimum absolute atomic E-state index is 0.183. The van der Waals surface area contributed by atoms with Crippen molar-refractivity contribution in [2.75, 3.05) is 6.61 Å². The fourth-order valence-corrected chi connectivity index (χ4v) is 1.52. The Balaban J connectivity index is 2.45. The molecule has 0 radical (unpaired) electrons. The molecule has 0 amide bonds. The van der Waals surface area contributed by atoms with Gasteiger partial charge in [-0.1, -0.05) is 0 Å². The van der Waals surface area contributed by atoms with Gasteiger partial charge < -0.3 is 20.1 Å². The lowest BCUT2D eigenvalue weighted by Crippen LogP contribution is -2.57. The third-order valence-electron chi connectivity index (χ3n) is 2.49. The lowest BCUT2D eigenvalue weighted by atomic mass is 9.85. The molecule has 0 saturated carbocycles. The first-order valence-electron chi connectivity index (χ1n) is 4.30. The molecule has 3 atom stereocenters. The van der Waals surface area contributed by atoms with E-state index in [1.165, 1.54) is 0 Å². The monoisotopic (exact) mass is 218 g/mol. The molecular formula is C8H10O7.